The third-order valence-electron chi connectivity index (χ3n) is 6.99. The molecule has 25 heavy (non-hydrogen) atoms. The summed E-state index contributed by atoms with van der Waals surface area (Å²) < 4.78 is 0. The summed E-state index contributed by atoms with van der Waals surface area (Å²) in [5.41, 5.74) is 3.77. The van der Waals surface area contributed by atoms with Crippen LogP contribution < -0.4 is 0 Å². The lowest BCUT2D eigenvalue weighted by atomic mass is 9.51. The molecule has 5 rings (SSSR count). The van der Waals surface area contributed by atoms with Gasteiger partial charge in [-0.15, -0.1) is 0 Å². The molecular weight excluding hydrogens is 304 g/mol. The second-order valence-electron chi connectivity index (χ2n) is 8.32. The van der Waals surface area contributed by atoms with Crippen LogP contribution in [0.1, 0.15) is 76.7 Å². The van der Waals surface area contributed by atoms with E-state index in [0.717, 1.165) is 11.4 Å². The van der Waals surface area contributed by atoms with E-state index in [9.17, 15) is 0 Å². The zero-order chi connectivity index (χ0) is 17.2. The number of rotatable bonds is 6. The fourth-order valence-electron chi connectivity index (χ4n) is 5.21. The molecule has 131 valence electrons. The number of unbranched alkanes of at least 4 members (excludes halogenated alkanes) is 2. The first-order chi connectivity index (χ1) is 12.3. The van der Waals surface area contributed by atoms with Gasteiger partial charge in [0.1, 0.15) is 0 Å². The highest BCUT2D eigenvalue weighted by molar-refractivity contribution is 5.55. The molecule has 0 unspecified atom stereocenters. The van der Waals surface area contributed by atoms with Gasteiger partial charge in [0.2, 0.25) is 0 Å². The van der Waals surface area contributed by atoms with Gasteiger partial charge in [0, 0.05) is 24.0 Å². The van der Waals surface area contributed by atoms with Crippen LogP contribution in [-0.2, 0) is 5.41 Å². The molecule has 2 aromatic rings. The summed E-state index contributed by atoms with van der Waals surface area (Å²) in [7, 11) is 0. The van der Waals surface area contributed by atoms with Gasteiger partial charge in [-0.25, -0.2) is 9.97 Å². The Hall–Kier alpha value is -1.70. The summed E-state index contributed by atoms with van der Waals surface area (Å²) in [6, 6.07) is 12.0. The highest BCUT2D eigenvalue weighted by Crippen LogP contribution is 2.59. The van der Waals surface area contributed by atoms with Gasteiger partial charge >= 0.3 is 0 Å². The lowest BCUT2D eigenvalue weighted by molar-refractivity contribution is 0.0305. The first kappa shape index (κ1) is 16.8. The molecule has 0 spiro atoms. The van der Waals surface area contributed by atoms with Gasteiger partial charge in [0.05, 0.1) is 0 Å². The largest absolute Gasteiger partial charge is 0.236 e. The van der Waals surface area contributed by atoms with E-state index >= 15 is 0 Å². The van der Waals surface area contributed by atoms with Gasteiger partial charge in [0.15, 0.2) is 5.82 Å². The topological polar surface area (TPSA) is 25.8 Å². The molecule has 1 aromatic carbocycles. The van der Waals surface area contributed by atoms with Crippen LogP contribution in [0.4, 0.5) is 0 Å². The van der Waals surface area contributed by atoms with Gasteiger partial charge in [-0.3, -0.25) is 0 Å². The van der Waals surface area contributed by atoms with Gasteiger partial charge in [-0.2, -0.15) is 0 Å². The van der Waals surface area contributed by atoms with Crippen molar-refractivity contribution in [3.63, 3.8) is 0 Å². The molecule has 1 aromatic heterocycles. The Bertz CT molecular complexity index is 665. The van der Waals surface area contributed by atoms with Crippen LogP contribution >= 0.6 is 0 Å². The van der Waals surface area contributed by atoms with Crippen molar-refractivity contribution >= 4 is 0 Å². The number of fused-ring (bicyclic) bond motifs is 3. The highest BCUT2D eigenvalue weighted by atomic mass is 14.8. The second kappa shape index (κ2) is 6.90. The third-order valence-corrected chi connectivity index (χ3v) is 6.99. The van der Waals surface area contributed by atoms with Gasteiger partial charge < -0.3 is 0 Å². The van der Waals surface area contributed by atoms with Crippen LogP contribution in [0.15, 0.2) is 36.7 Å². The van der Waals surface area contributed by atoms with Crippen LogP contribution in [0, 0.1) is 11.5 Å². The average Bonchev–Trinajstić information content (AvgIpc) is 2.70. The Labute approximate surface area is 152 Å². The average molecular weight is 333 g/mol. The highest BCUT2D eigenvalue weighted by Gasteiger charge is 2.48. The van der Waals surface area contributed by atoms with Crippen molar-refractivity contribution in [3.8, 4) is 11.4 Å². The molecule has 2 nitrogen and oxygen atoms in total. The molecule has 1 heterocycles. The monoisotopic (exact) mass is 333 g/mol. The van der Waals surface area contributed by atoms with Crippen LogP contribution in [0.5, 0.6) is 0 Å². The molecule has 3 saturated carbocycles. The van der Waals surface area contributed by atoms with Crippen molar-refractivity contribution in [2.45, 2.75) is 76.5 Å². The Kier molecular flexibility index (Phi) is 4.62. The van der Waals surface area contributed by atoms with Gasteiger partial charge in [0.25, 0.3) is 0 Å². The molecule has 0 saturated heterocycles. The van der Waals surface area contributed by atoms with Gasteiger partial charge in [-0.05, 0) is 61.3 Å². The van der Waals surface area contributed by atoms with Crippen LogP contribution in [-0.4, -0.2) is 9.97 Å². The number of aromatic nitrogens is 2. The number of benzene rings is 1. The summed E-state index contributed by atoms with van der Waals surface area (Å²) in [4.78, 5) is 8.63. The lowest BCUT2D eigenvalue weighted by Gasteiger charge is -2.54. The molecule has 3 fully saturated rings. The molecular formula is C23H29N2. The van der Waals surface area contributed by atoms with Crippen molar-refractivity contribution in [2.75, 3.05) is 0 Å². The lowest BCUT2D eigenvalue weighted by Crippen LogP contribution is -2.44. The Morgan fingerprint density at radius 2 is 1.52 bits per heavy atom. The predicted molar refractivity (Wildman–Crippen MR) is 102 cm³/mol. The molecule has 1 radical (unpaired) electrons. The molecule has 2 heteroatoms. The van der Waals surface area contributed by atoms with E-state index in [1.807, 2.05) is 0 Å². The number of hydrogen-bond donors (Lipinski definition) is 0. The van der Waals surface area contributed by atoms with E-state index in [0.29, 0.717) is 10.8 Å². The first-order valence-electron chi connectivity index (χ1n) is 10.0. The fraction of sp³-hybridized carbons (Fsp3) is 0.565. The molecule has 3 aliphatic rings. The summed E-state index contributed by atoms with van der Waals surface area (Å²) in [5, 5.41) is 0. The van der Waals surface area contributed by atoms with Crippen molar-refractivity contribution < 1.29 is 0 Å². The van der Waals surface area contributed by atoms with E-state index < -0.39 is 0 Å². The quantitative estimate of drug-likeness (QED) is 0.595. The van der Waals surface area contributed by atoms with Crippen molar-refractivity contribution in [2.24, 2.45) is 5.41 Å². The number of nitrogens with zero attached hydrogens (tertiary/aromatic N) is 2. The van der Waals surface area contributed by atoms with Gasteiger partial charge in [-0.1, -0.05) is 50.5 Å². The predicted octanol–water partition coefficient (Wildman–Crippen LogP) is 6.12. The Morgan fingerprint density at radius 1 is 0.880 bits per heavy atom. The Balaban J connectivity index is 1.47. The van der Waals surface area contributed by atoms with Crippen LogP contribution in [0.3, 0.4) is 0 Å². The maximum Gasteiger partial charge on any atom is 0.159 e. The van der Waals surface area contributed by atoms with E-state index in [1.165, 1.54) is 64.2 Å². The standard InChI is InChI=1S/C23H29N2/c1-2-3-4-10-22-11-14-23(15-12-22,16-13-22)20-8-6-19(7-9-20)21-24-17-5-18-25-21/h6-9,17-18H,2-4,10-16H2,1H3. The maximum atomic E-state index is 4.31. The normalized spacial score (nSPS) is 28.2. The minimum atomic E-state index is 0.441. The molecule has 3 aliphatic carbocycles. The Morgan fingerprint density at radius 3 is 2.12 bits per heavy atom. The minimum Gasteiger partial charge on any atom is -0.236 e. The van der Waals surface area contributed by atoms with E-state index in [2.05, 4.69) is 47.2 Å². The van der Waals surface area contributed by atoms with Crippen molar-refractivity contribution in [3.05, 3.63) is 48.3 Å². The van der Waals surface area contributed by atoms with E-state index in [-0.39, 0.29) is 0 Å². The summed E-state index contributed by atoms with van der Waals surface area (Å²) in [6.07, 6.45) is 17.5. The van der Waals surface area contributed by atoms with Crippen molar-refractivity contribution in [1.29, 1.82) is 0 Å². The summed E-state index contributed by atoms with van der Waals surface area (Å²) in [6.45, 7) is 2.31. The van der Waals surface area contributed by atoms with Crippen LogP contribution in [0.2, 0.25) is 0 Å². The fourth-order valence-corrected chi connectivity index (χ4v) is 5.21. The third kappa shape index (κ3) is 3.23. The molecule has 0 amide bonds. The van der Waals surface area contributed by atoms with Crippen molar-refractivity contribution in [1.82, 2.24) is 9.97 Å². The zero-order valence-electron chi connectivity index (χ0n) is 15.4. The smallest absolute Gasteiger partial charge is 0.159 e. The molecule has 0 atom stereocenters. The van der Waals surface area contributed by atoms with Crippen LogP contribution in [0.25, 0.3) is 11.4 Å². The molecule has 0 aliphatic heterocycles. The molecule has 0 N–H and O–H groups in total. The number of hydrogen-bond acceptors (Lipinski definition) is 2. The zero-order valence-corrected chi connectivity index (χ0v) is 15.4. The van der Waals surface area contributed by atoms with E-state index in [4.69, 9.17) is 0 Å². The SMILES string of the molecule is CCCCCC12CCC(c3ccc(-c4nc[c]cn4)cc3)(CC1)CC2. The summed E-state index contributed by atoms with van der Waals surface area (Å²) >= 11 is 0. The maximum absolute atomic E-state index is 4.31. The first-order valence-corrected chi connectivity index (χ1v) is 10.0. The second-order valence-corrected chi connectivity index (χ2v) is 8.32. The minimum absolute atomic E-state index is 0.441. The van der Waals surface area contributed by atoms with E-state index in [1.54, 1.807) is 18.0 Å². The molecule has 2 bridgehead atoms. The summed E-state index contributed by atoms with van der Waals surface area (Å²) in [5.74, 6) is 0.796.